The molecule has 0 bridgehead atoms. The van der Waals surface area contributed by atoms with Gasteiger partial charge in [-0.15, -0.1) is 0 Å². The molecule has 5 heteroatoms. The second-order valence-corrected chi connectivity index (χ2v) is 5.20. The Labute approximate surface area is 151 Å². The molecule has 0 saturated carbocycles. The molecule has 0 fully saturated rings. The third-order valence-corrected chi connectivity index (χ3v) is 3.90. The molecule has 1 aliphatic heterocycles. The van der Waals surface area contributed by atoms with Gasteiger partial charge in [-0.2, -0.15) is 0 Å². The van der Waals surface area contributed by atoms with E-state index in [1.807, 2.05) is 24.3 Å². The van der Waals surface area contributed by atoms with Crippen LogP contribution in [0.4, 0.5) is 5.69 Å². The van der Waals surface area contributed by atoms with Gasteiger partial charge in [0.1, 0.15) is 0 Å². The molecule has 2 aromatic carbocycles. The van der Waals surface area contributed by atoms with Crippen LogP contribution < -0.4 is 4.90 Å². The number of hydrogen-bond donors (Lipinski definition) is 1. The van der Waals surface area contributed by atoms with Crippen LogP contribution in [-0.2, 0) is 11.3 Å². The summed E-state index contributed by atoms with van der Waals surface area (Å²) in [6.45, 7) is 2.21. The Kier molecular flexibility index (Phi) is 5.06. The van der Waals surface area contributed by atoms with Crippen LogP contribution in [-0.4, -0.2) is 46.5 Å². The number of fused-ring (bicyclic) bond motifs is 1. The normalized spacial score (nSPS) is 14.2. The van der Waals surface area contributed by atoms with Crippen LogP contribution in [0.3, 0.4) is 0 Å². The van der Waals surface area contributed by atoms with Crippen molar-refractivity contribution in [3.63, 3.8) is 0 Å². The van der Waals surface area contributed by atoms with Gasteiger partial charge in [0.2, 0.25) is 0 Å². The van der Waals surface area contributed by atoms with Crippen molar-refractivity contribution in [2.45, 2.75) is 19.4 Å². The zero-order chi connectivity index (χ0) is 15.0. The molecule has 0 spiro atoms. The van der Waals surface area contributed by atoms with E-state index in [9.17, 15) is 9.59 Å². The van der Waals surface area contributed by atoms with Gasteiger partial charge in [0.05, 0.1) is 12.5 Å². The molecule has 1 aliphatic rings. The molecule has 0 radical (unpaired) electrons. The topological polar surface area (TPSA) is 57.6 Å². The quantitative estimate of drug-likeness (QED) is 0.886. The summed E-state index contributed by atoms with van der Waals surface area (Å²) >= 11 is 0. The van der Waals surface area contributed by atoms with Gasteiger partial charge in [-0.3, -0.25) is 9.59 Å². The number of anilines is 1. The molecule has 0 aromatic heterocycles. The summed E-state index contributed by atoms with van der Waals surface area (Å²) in [5.41, 5.74) is 3.28. The Hall–Kier alpha value is -1.62. The molecule has 108 valence electrons. The summed E-state index contributed by atoms with van der Waals surface area (Å²) in [5, 5.41) is 9.01. The summed E-state index contributed by atoms with van der Waals surface area (Å²) < 4.78 is 0. The molecule has 22 heavy (non-hydrogen) atoms. The van der Waals surface area contributed by atoms with Crippen molar-refractivity contribution >= 4 is 47.1 Å². The van der Waals surface area contributed by atoms with Crippen LogP contribution in [0.5, 0.6) is 0 Å². The summed E-state index contributed by atoms with van der Waals surface area (Å²) in [4.78, 5) is 25.0. The zero-order valence-corrected chi connectivity index (χ0v) is 11.6. The van der Waals surface area contributed by atoms with E-state index in [4.69, 9.17) is 5.11 Å². The van der Waals surface area contributed by atoms with Gasteiger partial charge >= 0.3 is 35.5 Å². The van der Waals surface area contributed by atoms with E-state index in [1.54, 1.807) is 36.1 Å². The fraction of sp³-hybridized carbons (Fsp3) is 0.176. The first kappa shape index (κ1) is 16.7. The summed E-state index contributed by atoms with van der Waals surface area (Å²) in [6, 6.07) is 14.7. The van der Waals surface area contributed by atoms with Crippen molar-refractivity contribution < 1.29 is 14.7 Å². The first-order valence-corrected chi connectivity index (χ1v) is 6.80. The van der Waals surface area contributed by atoms with Crippen LogP contribution >= 0.6 is 0 Å². The number of carbonyl (C=O) groups is 2. The van der Waals surface area contributed by atoms with Crippen LogP contribution in [0.1, 0.15) is 34.3 Å². The molecular weight excluding hydrogens is 289 g/mol. The number of amides is 1. The van der Waals surface area contributed by atoms with Crippen LogP contribution in [0.25, 0.3) is 0 Å². The Morgan fingerprint density at radius 1 is 1.14 bits per heavy atom. The molecule has 1 atom stereocenters. The monoisotopic (exact) mass is 305 g/mol. The maximum absolute atomic E-state index is 12.4. The summed E-state index contributed by atoms with van der Waals surface area (Å²) in [5.74, 6) is -1.41. The second-order valence-electron chi connectivity index (χ2n) is 5.20. The van der Waals surface area contributed by atoms with Crippen molar-refractivity contribution in [2.75, 3.05) is 4.90 Å². The van der Waals surface area contributed by atoms with E-state index in [0.717, 1.165) is 22.4 Å². The van der Waals surface area contributed by atoms with E-state index in [2.05, 4.69) is 0 Å². The third kappa shape index (κ3) is 2.95. The van der Waals surface area contributed by atoms with Gasteiger partial charge in [-0.1, -0.05) is 30.3 Å². The number of aliphatic carboxylic acids is 1. The van der Waals surface area contributed by atoms with Crippen LogP contribution in [0, 0.1) is 0 Å². The van der Waals surface area contributed by atoms with Crippen LogP contribution in [0.15, 0.2) is 48.5 Å². The Bertz CT molecular complexity index is 712. The van der Waals surface area contributed by atoms with Crippen molar-refractivity contribution in [3.8, 4) is 0 Å². The molecule has 0 saturated heterocycles. The zero-order valence-electron chi connectivity index (χ0n) is 11.6. The van der Waals surface area contributed by atoms with Gasteiger partial charge in [-0.25, -0.2) is 0 Å². The molecule has 3 rings (SSSR count). The SMILES string of the molecule is CC(C(=O)O)c1ccc(N2Cc3ccccc3C2=O)cc1.[NaH]. The van der Waals surface area contributed by atoms with E-state index in [1.165, 1.54) is 0 Å². The van der Waals surface area contributed by atoms with Gasteiger partial charge in [0.15, 0.2) is 0 Å². The minimum atomic E-state index is -0.854. The van der Waals surface area contributed by atoms with Crippen molar-refractivity contribution in [1.82, 2.24) is 0 Å². The van der Waals surface area contributed by atoms with Crippen molar-refractivity contribution in [1.29, 1.82) is 0 Å². The van der Waals surface area contributed by atoms with Gasteiger partial charge < -0.3 is 10.0 Å². The predicted molar refractivity (Wildman–Crippen MR) is 86.6 cm³/mol. The molecule has 1 amide bonds. The number of rotatable bonds is 3. The average Bonchev–Trinajstić information content (AvgIpc) is 2.84. The van der Waals surface area contributed by atoms with E-state index in [0.29, 0.717) is 6.54 Å². The number of benzene rings is 2. The molecule has 2 aromatic rings. The second kappa shape index (κ2) is 6.65. The van der Waals surface area contributed by atoms with Crippen molar-refractivity contribution in [2.24, 2.45) is 0 Å². The number of nitrogens with zero attached hydrogens (tertiary/aromatic N) is 1. The molecule has 4 nitrogen and oxygen atoms in total. The van der Waals surface area contributed by atoms with Gasteiger partial charge in [0.25, 0.3) is 5.91 Å². The summed E-state index contributed by atoms with van der Waals surface area (Å²) in [6.07, 6.45) is 0. The van der Waals surface area contributed by atoms with Crippen LogP contribution in [0.2, 0.25) is 0 Å². The van der Waals surface area contributed by atoms with E-state index < -0.39 is 11.9 Å². The predicted octanol–water partition coefficient (Wildman–Crippen LogP) is 2.39. The Balaban J connectivity index is 0.00000176. The molecule has 1 heterocycles. The molecule has 1 N–H and O–H groups in total. The third-order valence-electron chi connectivity index (χ3n) is 3.90. The van der Waals surface area contributed by atoms with Crippen molar-refractivity contribution in [3.05, 3.63) is 65.2 Å². The fourth-order valence-electron chi connectivity index (χ4n) is 2.55. The summed E-state index contributed by atoms with van der Waals surface area (Å²) in [7, 11) is 0. The molecule has 1 unspecified atom stereocenters. The van der Waals surface area contributed by atoms with Gasteiger partial charge in [0, 0.05) is 11.3 Å². The van der Waals surface area contributed by atoms with E-state index >= 15 is 0 Å². The van der Waals surface area contributed by atoms with E-state index in [-0.39, 0.29) is 35.5 Å². The molecule has 0 aliphatic carbocycles. The maximum atomic E-state index is 12.4. The van der Waals surface area contributed by atoms with Gasteiger partial charge in [-0.05, 0) is 36.2 Å². The first-order valence-electron chi connectivity index (χ1n) is 6.80. The minimum absolute atomic E-state index is 0. The fourth-order valence-corrected chi connectivity index (χ4v) is 2.55. The number of carboxylic acid groups (broad SMARTS) is 1. The number of carbonyl (C=O) groups excluding carboxylic acids is 1. The standard InChI is InChI=1S/C17H15NO3.Na.H/c1-11(17(20)21)12-6-8-14(9-7-12)18-10-13-4-2-3-5-15(13)16(18)19;;/h2-9,11H,10H2,1H3,(H,20,21);;. The Morgan fingerprint density at radius 2 is 1.77 bits per heavy atom. The average molecular weight is 305 g/mol. The molecular formula is C17H16NNaO3. The Morgan fingerprint density at radius 3 is 2.36 bits per heavy atom. The first-order chi connectivity index (χ1) is 10.1. The number of carboxylic acids is 1. The number of hydrogen-bond acceptors (Lipinski definition) is 2.